The minimum atomic E-state index is -0.441. The van der Waals surface area contributed by atoms with Crippen LogP contribution in [0.3, 0.4) is 0 Å². The van der Waals surface area contributed by atoms with Crippen LogP contribution < -0.4 is 0 Å². The maximum atomic E-state index is 11.7. The highest BCUT2D eigenvalue weighted by atomic mass is 16.6. The fraction of sp³-hybridized carbons (Fsp3) is 0.833. The maximum absolute atomic E-state index is 11.7. The number of hydrogen-bond acceptors (Lipinski definition) is 3. The number of carbonyl (C=O) groups excluding carboxylic acids is 2. The van der Waals surface area contributed by atoms with E-state index in [0.717, 1.165) is 19.1 Å². The van der Waals surface area contributed by atoms with E-state index in [9.17, 15) is 9.59 Å². The number of likely N-dealkylation sites (tertiary alicyclic amines) is 1. The van der Waals surface area contributed by atoms with Crippen molar-refractivity contribution in [3.05, 3.63) is 0 Å². The molecule has 1 saturated heterocycles. The van der Waals surface area contributed by atoms with Gasteiger partial charge in [0.2, 0.25) is 0 Å². The first-order valence-corrected chi connectivity index (χ1v) is 5.80. The lowest BCUT2D eigenvalue weighted by Gasteiger charge is -2.58. The van der Waals surface area contributed by atoms with E-state index in [2.05, 4.69) is 0 Å². The summed E-state index contributed by atoms with van der Waals surface area (Å²) in [5, 5.41) is 0. The fourth-order valence-corrected chi connectivity index (χ4v) is 2.49. The monoisotopic (exact) mass is 225 g/mol. The third-order valence-electron chi connectivity index (χ3n) is 3.57. The Morgan fingerprint density at radius 3 is 2.44 bits per heavy atom. The summed E-state index contributed by atoms with van der Waals surface area (Å²) >= 11 is 0. The van der Waals surface area contributed by atoms with Gasteiger partial charge in [0, 0.05) is 24.4 Å². The van der Waals surface area contributed by atoms with Crippen LogP contribution in [0.5, 0.6) is 0 Å². The zero-order valence-electron chi connectivity index (χ0n) is 10.2. The molecule has 1 atom stereocenters. The summed E-state index contributed by atoms with van der Waals surface area (Å²) < 4.78 is 5.27. The number of aldehydes is 1. The van der Waals surface area contributed by atoms with Crippen LogP contribution in [0.15, 0.2) is 0 Å². The molecule has 2 aliphatic rings. The fourth-order valence-electron chi connectivity index (χ4n) is 2.49. The Hall–Kier alpha value is -1.06. The van der Waals surface area contributed by atoms with Gasteiger partial charge >= 0.3 is 6.09 Å². The number of nitrogens with zero attached hydrogens (tertiary/aromatic N) is 1. The average molecular weight is 225 g/mol. The second-order valence-corrected chi connectivity index (χ2v) is 5.98. The molecular formula is C12H19NO3. The molecule has 1 amide bonds. The van der Waals surface area contributed by atoms with Crippen molar-refractivity contribution in [2.75, 3.05) is 13.1 Å². The van der Waals surface area contributed by atoms with Crippen LogP contribution in [-0.2, 0) is 9.53 Å². The van der Waals surface area contributed by atoms with Crippen molar-refractivity contribution in [1.29, 1.82) is 0 Å². The molecule has 90 valence electrons. The standard InChI is InChI=1S/C12H19NO3/c1-11(2,3)16-10(15)13-7-12(8-13)5-4-9(12)6-14/h6,9H,4-5,7-8H2,1-3H3/t9-/m1/s1. The summed E-state index contributed by atoms with van der Waals surface area (Å²) in [6, 6.07) is 0. The van der Waals surface area contributed by atoms with Gasteiger partial charge in [-0.15, -0.1) is 0 Å². The van der Waals surface area contributed by atoms with Gasteiger partial charge in [0.1, 0.15) is 11.9 Å². The van der Waals surface area contributed by atoms with E-state index in [-0.39, 0.29) is 17.4 Å². The summed E-state index contributed by atoms with van der Waals surface area (Å²) in [5.74, 6) is 0.159. The van der Waals surface area contributed by atoms with Crippen LogP contribution in [0.1, 0.15) is 33.6 Å². The van der Waals surface area contributed by atoms with E-state index >= 15 is 0 Å². The molecule has 1 saturated carbocycles. The van der Waals surface area contributed by atoms with Gasteiger partial charge < -0.3 is 14.4 Å². The molecule has 1 aliphatic heterocycles. The lowest BCUT2D eigenvalue weighted by Crippen LogP contribution is -2.66. The van der Waals surface area contributed by atoms with Crippen LogP contribution in [0.2, 0.25) is 0 Å². The highest BCUT2D eigenvalue weighted by molar-refractivity contribution is 5.70. The van der Waals surface area contributed by atoms with E-state index in [1.807, 2.05) is 20.8 Å². The normalized spacial score (nSPS) is 26.9. The zero-order chi connectivity index (χ0) is 12.0. The van der Waals surface area contributed by atoms with Gasteiger partial charge in [-0.25, -0.2) is 4.79 Å². The Labute approximate surface area is 95.9 Å². The summed E-state index contributed by atoms with van der Waals surface area (Å²) in [7, 11) is 0. The topological polar surface area (TPSA) is 46.6 Å². The minimum Gasteiger partial charge on any atom is -0.444 e. The molecule has 1 aliphatic carbocycles. The van der Waals surface area contributed by atoms with Gasteiger partial charge in [-0.1, -0.05) is 0 Å². The van der Waals surface area contributed by atoms with E-state index in [0.29, 0.717) is 13.1 Å². The van der Waals surface area contributed by atoms with Gasteiger partial charge in [0.25, 0.3) is 0 Å². The first-order valence-electron chi connectivity index (χ1n) is 5.80. The van der Waals surface area contributed by atoms with E-state index in [1.165, 1.54) is 0 Å². The molecule has 0 N–H and O–H groups in total. The Bertz CT molecular complexity index is 313. The third kappa shape index (κ3) is 1.81. The van der Waals surface area contributed by atoms with Gasteiger partial charge in [0.05, 0.1) is 0 Å². The maximum Gasteiger partial charge on any atom is 0.410 e. The molecule has 2 rings (SSSR count). The Kier molecular flexibility index (Phi) is 2.48. The highest BCUT2D eigenvalue weighted by Crippen LogP contribution is 2.52. The largest absolute Gasteiger partial charge is 0.444 e. The second-order valence-electron chi connectivity index (χ2n) is 5.98. The van der Waals surface area contributed by atoms with Crippen LogP contribution in [0, 0.1) is 11.3 Å². The molecule has 0 aromatic carbocycles. The van der Waals surface area contributed by atoms with E-state index < -0.39 is 5.60 Å². The second kappa shape index (κ2) is 3.47. The number of carbonyl (C=O) groups is 2. The number of ether oxygens (including phenoxy) is 1. The van der Waals surface area contributed by atoms with Gasteiger partial charge in [0.15, 0.2) is 0 Å². The predicted molar refractivity (Wildman–Crippen MR) is 59.0 cm³/mol. The molecule has 0 unspecified atom stereocenters. The summed E-state index contributed by atoms with van der Waals surface area (Å²) in [6.07, 6.45) is 2.83. The van der Waals surface area contributed by atoms with Crippen molar-refractivity contribution >= 4 is 12.4 Å². The quantitative estimate of drug-likeness (QED) is 0.640. The molecule has 0 aromatic rings. The van der Waals surface area contributed by atoms with Crippen molar-refractivity contribution in [1.82, 2.24) is 4.90 Å². The van der Waals surface area contributed by atoms with Gasteiger partial charge in [-0.3, -0.25) is 0 Å². The first-order chi connectivity index (χ1) is 7.36. The van der Waals surface area contributed by atoms with Crippen LogP contribution in [-0.4, -0.2) is 36.0 Å². The Morgan fingerprint density at radius 2 is 2.06 bits per heavy atom. The Balaban J connectivity index is 1.84. The predicted octanol–water partition coefficient (Wildman–Crippen LogP) is 1.83. The molecule has 16 heavy (non-hydrogen) atoms. The van der Waals surface area contributed by atoms with Gasteiger partial charge in [-0.05, 0) is 33.6 Å². The summed E-state index contributed by atoms with van der Waals surface area (Å²) in [6.45, 7) is 6.95. The van der Waals surface area contributed by atoms with Crippen molar-refractivity contribution in [3.8, 4) is 0 Å². The van der Waals surface area contributed by atoms with Crippen LogP contribution >= 0.6 is 0 Å². The zero-order valence-corrected chi connectivity index (χ0v) is 10.2. The Morgan fingerprint density at radius 1 is 1.44 bits per heavy atom. The number of rotatable bonds is 1. The highest BCUT2D eigenvalue weighted by Gasteiger charge is 2.56. The van der Waals surface area contributed by atoms with Crippen molar-refractivity contribution in [2.24, 2.45) is 11.3 Å². The molecule has 0 bridgehead atoms. The van der Waals surface area contributed by atoms with Gasteiger partial charge in [-0.2, -0.15) is 0 Å². The SMILES string of the molecule is CC(C)(C)OC(=O)N1CC2(CC[C@@H]2C=O)C1. The smallest absolute Gasteiger partial charge is 0.410 e. The number of amides is 1. The first kappa shape index (κ1) is 11.4. The summed E-state index contributed by atoms with van der Waals surface area (Å²) in [5.41, 5.74) is -0.345. The molecule has 1 spiro atoms. The van der Waals surface area contributed by atoms with Crippen molar-refractivity contribution in [3.63, 3.8) is 0 Å². The molecule has 0 radical (unpaired) electrons. The lowest BCUT2D eigenvalue weighted by atomic mass is 9.56. The molecule has 1 heterocycles. The van der Waals surface area contributed by atoms with Crippen molar-refractivity contribution < 1.29 is 14.3 Å². The van der Waals surface area contributed by atoms with E-state index in [1.54, 1.807) is 4.90 Å². The number of hydrogen-bond donors (Lipinski definition) is 0. The molecular weight excluding hydrogens is 206 g/mol. The molecule has 2 fully saturated rings. The van der Waals surface area contributed by atoms with Crippen LogP contribution in [0.4, 0.5) is 4.79 Å². The van der Waals surface area contributed by atoms with E-state index in [4.69, 9.17) is 4.74 Å². The average Bonchev–Trinajstić information content (AvgIpc) is 1.96. The molecule has 4 heteroatoms. The third-order valence-corrected chi connectivity index (χ3v) is 3.57. The van der Waals surface area contributed by atoms with Crippen LogP contribution in [0.25, 0.3) is 0 Å². The molecule has 4 nitrogen and oxygen atoms in total. The molecule has 0 aromatic heterocycles. The minimum absolute atomic E-state index is 0.0959. The lowest BCUT2D eigenvalue weighted by molar-refractivity contribution is -0.139. The van der Waals surface area contributed by atoms with Crippen molar-refractivity contribution in [2.45, 2.75) is 39.2 Å². The summed E-state index contributed by atoms with van der Waals surface area (Å²) in [4.78, 5) is 24.1.